The summed E-state index contributed by atoms with van der Waals surface area (Å²) in [4.78, 5) is 18.0. The lowest BCUT2D eigenvalue weighted by Gasteiger charge is -2.33. The van der Waals surface area contributed by atoms with Crippen molar-refractivity contribution in [2.24, 2.45) is 5.16 Å². The van der Waals surface area contributed by atoms with Gasteiger partial charge in [0.1, 0.15) is 23.5 Å². The molecule has 1 fully saturated rings. The highest BCUT2D eigenvalue weighted by atomic mass is 35.5. The molecule has 0 aromatic heterocycles. The van der Waals surface area contributed by atoms with Gasteiger partial charge in [-0.3, -0.25) is 0 Å². The second-order valence-electron chi connectivity index (χ2n) is 7.05. The highest BCUT2D eigenvalue weighted by molar-refractivity contribution is 6.42. The minimum Gasteiger partial charge on any atom is -0.511 e. The van der Waals surface area contributed by atoms with E-state index in [-0.39, 0.29) is 17.9 Å². The van der Waals surface area contributed by atoms with E-state index >= 15 is 0 Å². The van der Waals surface area contributed by atoms with Crippen LogP contribution in [0, 0.1) is 0 Å². The molecule has 0 atom stereocenters. The van der Waals surface area contributed by atoms with E-state index in [9.17, 15) is 9.90 Å². The Kier molecular flexibility index (Phi) is 6.33. The molecule has 1 aliphatic heterocycles. The molecule has 1 aliphatic carbocycles. The number of hydrogen-bond donors (Lipinski definition) is 1. The van der Waals surface area contributed by atoms with Gasteiger partial charge >= 0.3 is 5.97 Å². The monoisotopic (exact) mass is 411 g/mol. The smallest absolute Gasteiger partial charge is 0.344 e. The van der Waals surface area contributed by atoms with Gasteiger partial charge < -0.3 is 14.7 Å². The molecular weight excluding hydrogens is 389 g/mol. The summed E-state index contributed by atoms with van der Waals surface area (Å²) in [7, 11) is 0. The minimum absolute atomic E-state index is 0.0461. The maximum atomic E-state index is 12.6. The van der Waals surface area contributed by atoms with E-state index in [0.717, 1.165) is 32.1 Å². The zero-order valence-corrected chi connectivity index (χ0v) is 16.8. The number of hydrogen-bond acceptors (Lipinski definition) is 5. The SMILES string of the molecule is CCCC(=NOCc1cccc(Cl)c1Cl)C1=C(O)CC2(CCCC2)OC1=O. The molecule has 0 saturated heterocycles. The predicted octanol–water partition coefficient (Wildman–Crippen LogP) is 5.74. The summed E-state index contributed by atoms with van der Waals surface area (Å²) >= 11 is 12.1. The van der Waals surface area contributed by atoms with Crippen molar-refractivity contribution < 1.29 is 19.5 Å². The molecule has 2 aliphatic rings. The van der Waals surface area contributed by atoms with Gasteiger partial charge in [-0.2, -0.15) is 0 Å². The third-order valence-electron chi connectivity index (χ3n) is 5.01. The molecule has 5 nitrogen and oxygen atoms in total. The Morgan fingerprint density at radius 1 is 1.33 bits per heavy atom. The first-order valence-electron chi connectivity index (χ1n) is 9.23. The highest BCUT2D eigenvalue weighted by Gasteiger charge is 2.44. The van der Waals surface area contributed by atoms with Crippen molar-refractivity contribution in [3.8, 4) is 0 Å². The maximum absolute atomic E-state index is 12.6. The number of aliphatic hydroxyl groups is 1. The van der Waals surface area contributed by atoms with Crippen LogP contribution in [0.3, 0.4) is 0 Å². The van der Waals surface area contributed by atoms with Gasteiger partial charge in [0, 0.05) is 12.0 Å². The van der Waals surface area contributed by atoms with Crippen molar-refractivity contribution in [2.75, 3.05) is 0 Å². The van der Waals surface area contributed by atoms with Crippen LogP contribution in [0.5, 0.6) is 0 Å². The molecule has 1 N–H and O–H groups in total. The second kappa shape index (κ2) is 8.53. The third-order valence-corrected chi connectivity index (χ3v) is 5.87. The molecular formula is C20H23Cl2NO4. The summed E-state index contributed by atoms with van der Waals surface area (Å²) in [6, 6.07) is 5.26. The van der Waals surface area contributed by atoms with Gasteiger partial charge in [0.25, 0.3) is 0 Å². The standard InChI is InChI=1S/C20H23Cl2NO4/c1-2-6-15(23-26-12-13-7-5-8-14(21)18(13)22)17-16(24)11-20(27-19(17)25)9-3-4-10-20/h5,7-8,24H,2-4,6,9-12H2,1H3. The maximum Gasteiger partial charge on any atom is 0.344 e. The Morgan fingerprint density at radius 3 is 2.74 bits per heavy atom. The molecule has 1 aromatic rings. The van der Waals surface area contributed by atoms with E-state index in [4.69, 9.17) is 32.8 Å². The average molecular weight is 412 g/mol. The number of aliphatic hydroxyl groups excluding tert-OH is 1. The number of carbonyl (C=O) groups is 1. The first-order chi connectivity index (χ1) is 13.0. The number of carbonyl (C=O) groups excluding carboxylic acids is 1. The van der Waals surface area contributed by atoms with Crippen molar-refractivity contribution in [3.63, 3.8) is 0 Å². The first-order valence-corrected chi connectivity index (χ1v) is 9.99. The summed E-state index contributed by atoms with van der Waals surface area (Å²) in [5.74, 6) is -0.470. The number of esters is 1. The molecule has 0 unspecified atom stereocenters. The van der Waals surface area contributed by atoms with Gasteiger partial charge in [-0.1, -0.05) is 53.8 Å². The lowest BCUT2D eigenvalue weighted by Crippen LogP contribution is -2.39. The Balaban J connectivity index is 1.79. The Morgan fingerprint density at radius 2 is 2.07 bits per heavy atom. The van der Waals surface area contributed by atoms with E-state index in [2.05, 4.69) is 5.16 Å². The van der Waals surface area contributed by atoms with Gasteiger partial charge in [0.2, 0.25) is 0 Å². The summed E-state index contributed by atoms with van der Waals surface area (Å²) in [5, 5.41) is 15.5. The number of ether oxygens (including phenoxy) is 1. The predicted molar refractivity (Wildman–Crippen MR) is 105 cm³/mol. The van der Waals surface area contributed by atoms with E-state index in [1.54, 1.807) is 18.2 Å². The van der Waals surface area contributed by atoms with E-state index < -0.39 is 11.6 Å². The molecule has 0 radical (unpaired) electrons. The largest absolute Gasteiger partial charge is 0.511 e. The summed E-state index contributed by atoms with van der Waals surface area (Å²) in [5.41, 5.74) is 0.674. The zero-order chi connectivity index (χ0) is 19.4. The second-order valence-corrected chi connectivity index (χ2v) is 7.84. The number of nitrogens with zero attached hydrogens (tertiary/aromatic N) is 1. The van der Waals surface area contributed by atoms with Crippen LogP contribution < -0.4 is 0 Å². The molecule has 1 saturated carbocycles. The van der Waals surface area contributed by atoms with Crippen LogP contribution in [0.15, 0.2) is 34.7 Å². The number of benzene rings is 1. The summed E-state index contributed by atoms with van der Waals surface area (Å²) in [6.07, 6.45) is 5.18. The fourth-order valence-electron chi connectivity index (χ4n) is 3.67. The van der Waals surface area contributed by atoms with Crippen LogP contribution >= 0.6 is 23.2 Å². The molecule has 1 heterocycles. The van der Waals surface area contributed by atoms with Gasteiger partial charge in [-0.15, -0.1) is 0 Å². The molecule has 3 rings (SSSR count). The van der Waals surface area contributed by atoms with E-state index in [0.29, 0.717) is 34.2 Å². The fraction of sp³-hybridized carbons (Fsp3) is 0.500. The number of halogens is 2. The van der Waals surface area contributed by atoms with Gasteiger partial charge in [-0.25, -0.2) is 4.79 Å². The lowest BCUT2D eigenvalue weighted by molar-refractivity contribution is -0.157. The average Bonchev–Trinajstić information content (AvgIpc) is 3.05. The highest BCUT2D eigenvalue weighted by Crippen LogP contribution is 2.42. The normalized spacial score (nSPS) is 19.5. The van der Waals surface area contributed by atoms with Crippen LogP contribution in [-0.4, -0.2) is 22.4 Å². The van der Waals surface area contributed by atoms with Crippen molar-refractivity contribution >= 4 is 34.9 Å². The first kappa shape index (κ1) is 20.0. The topological polar surface area (TPSA) is 68.1 Å². The van der Waals surface area contributed by atoms with Gasteiger partial charge in [0.15, 0.2) is 0 Å². The zero-order valence-electron chi connectivity index (χ0n) is 15.3. The summed E-state index contributed by atoms with van der Waals surface area (Å²) in [6.45, 7) is 2.08. The Labute approximate surface area is 168 Å². The molecule has 0 amide bonds. The van der Waals surface area contributed by atoms with Crippen LogP contribution in [0.2, 0.25) is 10.0 Å². The molecule has 7 heteroatoms. The van der Waals surface area contributed by atoms with Crippen LogP contribution in [-0.2, 0) is 21.0 Å². The van der Waals surface area contributed by atoms with Gasteiger partial charge in [-0.05, 0) is 38.2 Å². The van der Waals surface area contributed by atoms with Crippen molar-refractivity contribution in [2.45, 2.75) is 64.1 Å². The van der Waals surface area contributed by atoms with Crippen LogP contribution in [0.1, 0.15) is 57.4 Å². The van der Waals surface area contributed by atoms with Crippen molar-refractivity contribution in [1.82, 2.24) is 0 Å². The van der Waals surface area contributed by atoms with E-state index in [1.807, 2.05) is 6.92 Å². The number of oxime groups is 1. The Hall–Kier alpha value is -1.72. The molecule has 0 bridgehead atoms. The molecule has 1 spiro atoms. The molecule has 1 aromatic carbocycles. The van der Waals surface area contributed by atoms with Gasteiger partial charge in [0.05, 0.1) is 15.8 Å². The Bertz CT molecular complexity index is 782. The molecule has 27 heavy (non-hydrogen) atoms. The third kappa shape index (κ3) is 4.41. The van der Waals surface area contributed by atoms with Crippen molar-refractivity contribution in [3.05, 3.63) is 45.1 Å². The minimum atomic E-state index is -0.544. The fourth-order valence-corrected chi connectivity index (χ4v) is 4.05. The molecule has 146 valence electrons. The van der Waals surface area contributed by atoms with Crippen molar-refractivity contribution in [1.29, 1.82) is 0 Å². The van der Waals surface area contributed by atoms with Crippen LogP contribution in [0.25, 0.3) is 0 Å². The van der Waals surface area contributed by atoms with Crippen LogP contribution in [0.4, 0.5) is 0 Å². The van der Waals surface area contributed by atoms with E-state index in [1.165, 1.54) is 0 Å². The lowest BCUT2D eigenvalue weighted by atomic mass is 9.90. The number of rotatable bonds is 6. The summed E-state index contributed by atoms with van der Waals surface area (Å²) < 4.78 is 5.71. The quantitative estimate of drug-likeness (QED) is 0.368.